The molecule has 1 N–H and O–H groups in total. The lowest BCUT2D eigenvalue weighted by molar-refractivity contribution is -0.146. The van der Waals surface area contributed by atoms with E-state index in [1.807, 2.05) is 54.7 Å². The van der Waals surface area contributed by atoms with Crippen LogP contribution in [0.4, 0.5) is 0 Å². The number of rotatable bonds is 15. The molecule has 0 radical (unpaired) electrons. The molecule has 1 aromatic heterocycles. The molecule has 198 valence electrons. The van der Waals surface area contributed by atoms with Gasteiger partial charge in [-0.3, -0.25) is 14.4 Å². The highest BCUT2D eigenvalue weighted by atomic mass is 16.5. The predicted molar refractivity (Wildman–Crippen MR) is 143 cm³/mol. The summed E-state index contributed by atoms with van der Waals surface area (Å²) in [5.74, 6) is -0.789. The normalized spacial score (nSPS) is 10.9. The maximum absolute atomic E-state index is 13.6. The zero-order valence-electron chi connectivity index (χ0n) is 21.8. The van der Waals surface area contributed by atoms with Crippen molar-refractivity contribution in [1.29, 1.82) is 0 Å². The molecule has 0 spiro atoms. The summed E-state index contributed by atoms with van der Waals surface area (Å²) >= 11 is 0. The monoisotopic (exact) mass is 507 g/mol. The van der Waals surface area contributed by atoms with Gasteiger partial charge in [-0.1, -0.05) is 48.5 Å². The van der Waals surface area contributed by atoms with Crippen molar-refractivity contribution in [2.24, 2.45) is 0 Å². The number of para-hydroxylation sites is 1. The number of H-pyrrole nitrogens is 1. The molecule has 0 aliphatic carbocycles. The smallest absolute Gasteiger partial charge is 0.306 e. The minimum Gasteiger partial charge on any atom is -0.466 e. The molecule has 8 nitrogen and oxygen atoms in total. The van der Waals surface area contributed by atoms with Crippen LogP contribution in [0.2, 0.25) is 0 Å². The van der Waals surface area contributed by atoms with Crippen LogP contribution < -0.4 is 0 Å². The highest BCUT2D eigenvalue weighted by molar-refractivity contribution is 5.87. The molecule has 0 saturated heterocycles. The maximum Gasteiger partial charge on any atom is 0.306 e. The molecule has 37 heavy (non-hydrogen) atoms. The number of hydrogen-bond acceptors (Lipinski definition) is 5. The number of fused-ring (bicyclic) bond motifs is 1. The Bertz CT molecular complexity index is 1140. The van der Waals surface area contributed by atoms with Crippen molar-refractivity contribution in [3.8, 4) is 0 Å². The molecular weight excluding hydrogens is 470 g/mol. The van der Waals surface area contributed by atoms with Gasteiger partial charge in [-0.2, -0.15) is 0 Å². The third-order valence-electron chi connectivity index (χ3n) is 6.20. The Hall–Kier alpha value is -3.65. The van der Waals surface area contributed by atoms with E-state index in [1.165, 1.54) is 4.90 Å². The van der Waals surface area contributed by atoms with Crippen molar-refractivity contribution in [2.75, 3.05) is 40.0 Å². The van der Waals surface area contributed by atoms with Gasteiger partial charge in [0.1, 0.15) is 0 Å². The van der Waals surface area contributed by atoms with Gasteiger partial charge in [0.05, 0.1) is 19.6 Å². The Morgan fingerprint density at radius 2 is 1.65 bits per heavy atom. The average molecular weight is 508 g/mol. The fourth-order valence-corrected chi connectivity index (χ4v) is 4.24. The summed E-state index contributed by atoms with van der Waals surface area (Å²) in [6.07, 6.45) is 3.28. The van der Waals surface area contributed by atoms with Gasteiger partial charge in [-0.15, -0.1) is 0 Å². The zero-order chi connectivity index (χ0) is 26.5. The van der Waals surface area contributed by atoms with Crippen LogP contribution in [0.3, 0.4) is 0 Å². The number of nitrogens with one attached hydrogen (secondary N) is 1. The number of aromatic nitrogens is 1. The van der Waals surface area contributed by atoms with Gasteiger partial charge in [0.25, 0.3) is 0 Å². The molecular formula is C29H37N3O5. The number of benzene rings is 2. The third-order valence-corrected chi connectivity index (χ3v) is 6.20. The average Bonchev–Trinajstić information content (AvgIpc) is 3.33. The first-order valence-corrected chi connectivity index (χ1v) is 12.8. The topological polar surface area (TPSA) is 91.9 Å². The molecule has 8 heteroatoms. The van der Waals surface area contributed by atoms with Crippen LogP contribution in [0, 0.1) is 0 Å². The quantitative estimate of drug-likeness (QED) is 0.248. The zero-order valence-corrected chi connectivity index (χ0v) is 21.8. The minimum absolute atomic E-state index is 0.00403. The Labute approximate surface area is 218 Å². The molecule has 0 bridgehead atoms. The van der Waals surface area contributed by atoms with E-state index in [0.29, 0.717) is 39.1 Å². The second kappa shape index (κ2) is 14.8. The van der Waals surface area contributed by atoms with E-state index < -0.39 is 5.97 Å². The molecule has 3 rings (SSSR count). The van der Waals surface area contributed by atoms with E-state index in [1.54, 1.807) is 18.9 Å². The Kier molecular flexibility index (Phi) is 11.2. The highest BCUT2D eigenvalue weighted by Gasteiger charge is 2.22. The summed E-state index contributed by atoms with van der Waals surface area (Å²) in [7, 11) is 1.60. The van der Waals surface area contributed by atoms with E-state index >= 15 is 0 Å². The van der Waals surface area contributed by atoms with E-state index in [4.69, 9.17) is 9.47 Å². The first-order valence-electron chi connectivity index (χ1n) is 12.8. The van der Waals surface area contributed by atoms with Crippen LogP contribution in [-0.2, 0) is 36.8 Å². The van der Waals surface area contributed by atoms with E-state index in [9.17, 15) is 14.4 Å². The van der Waals surface area contributed by atoms with Crippen molar-refractivity contribution >= 4 is 28.7 Å². The van der Waals surface area contributed by atoms with Crippen molar-refractivity contribution in [1.82, 2.24) is 14.8 Å². The SMILES string of the molecule is CCOC(=O)CCC(=O)N(CCCOC)CC(=O)N(CCc1c[nH]c2ccccc12)Cc1ccccc1. The first kappa shape index (κ1) is 27.9. The van der Waals surface area contributed by atoms with Gasteiger partial charge in [-0.05, 0) is 37.0 Å². The van der Waals surface area contributed by atoms with Crippen molar-refractivity contribution in [3.05, 3.63) is 71.9 Å². The molecule has 2 aromatic carbocycles. The van der Waals surface area contributed by atoms with Gasteiger partial charge in [-0.25, -0.2) is 0 Å². The molecule has 0 atom stereocenters. The van der Waals surface area contributed by atoms with Gasteiger partial charge in [0.15, 0.2) is 0 Å². The molecule has 0 aliphatic heterocycles. The molecule has 0 saturated carbocycles. The van der Waals surface area contributed by atoms with Crippen LogP contribution in [0.5, 0.6) is 0 Å². The lowest BCUT2D eigenvalue weighted by atomic mass is 10.1. The lowest BCUT2D eigenvalue weighted by Gasteiger charge is -2.28. The summed E-state index contributed by atoms with van der Waals surface area (Å²) in [6.45, 7) is 3.77. The fourth-order valence-electron chi connectivity index (χ4n) is 4.24. The maximum atomic E-state index is 13.6. The van der Waals surface area contributed by atoms with E-state index in [-0.39, 0.29) is 37.8 Å². The molecule has 3 aromatic rings. The first-order chi connectivity index (χ1) is 18.0. The van der Waals surface area contributed by atoms with Gasteiger partial charge < -0.3 is 24.3 Å². The molecule has 0 aliphatic rings. The van der Waals surface area contributed by atoms with Crippen LogP contribution in [-0.4, -0.2) is 72.5 Å². The van der Waals surface area contributed by atoms with Gasteiger partial charge in [0, 0.05) is 56.9 Å². The fraction of sp³-hybridized carbons (Fsp3) is 0.414. The highest BCUT2D eigenvalue weighted by Crippen LogP contribution is 2.19. The summed E-state index contributed by atoms with van der Waals surface area (Å²) in [4.78, 5) is 44.9. The number of aromatic amines is 1. The van der Waals surface area contributed by atoms with Crippen LogP contribution in [0.15, 0.2) is 60.8 Å². The number of hydrogen-bond donors (Lipinski definition) is 1. The van der Waals surface area contributed by atoms with Crippen LogP contribution in [0.1, 0.15) is 37.3 Å². The number of amides is 2. The number of carbonyl (C=O) groups is 3. The van der Waals surface area contributed by atoms with Crippen molar-refractivity contribution in [2.45, 2.75) is 39.2 Å². The van der Waals surface area contributed by atoms with Crippen LogP contribution >= 0.6 is 0 Å². The number of nitrogens with zero attached hydrogens (tertiary/aromatic N) is 2. The second-order valence-corrected chi connectivity index (χ2v) is 8.88. The molecule has 1 heterocycles. The molecule has 2 amide bonds. The lowest BCUT2D eigenvalue weighted by Crippen LogP contribution is -2.44. The standard InChI is InChI=1S/C29H37N3O5/c1-3-37-29(35)15-14-27(33)31(17-9-19-36-2)22-28(34)32(21-23-10-5-4-6-11-23)18-16-24-20-30-26-13-8-7-12-25(24)26/h4-8,10-13,20,30H,3,9,14-19,21-22H2,1-2H3. The second-order valence-electron chi connectivity index (χ2n) is 8.88. The van der Waals surface area contributed by atoms with Crippen molar-refractivity contribution in [3.63, 3.8) is 0 Å². The number of methoxy groups -OCH3 is 1. The van der Waals surface area contributed by atoms with Gasteiger partial charge >= 0.3 is 5.97 Å². The largest absolute Gasteiger partial charge is 0.466 e. The third kappa shape index (κ3) is 8.75. The molecule has 0 unspecified atom stereocenters. The van der Waals surface area contributed by atoms with Gasteiger partial charge in [0.2, 0.25) is 11.8 Å². The predicted octanol–water partition coefficient (Wildman–Crippen LogP) is 3.95. The van der Waals surface area contributed by atoms with E-state index in [2.05, 4.69) is 11.1 Å². The summed E-state index contributed by atoms with van der Waals surface area (Å²) < 4.78 is 10.1. The number of esters is 1. The number of carbonyl (C=O) groups excluding carboxylic acids is 3. The van der Waals surface area contributed by atoms with E-state index in [0.717, 1.165) is 22.0 Å². The minimum atomic E-state index is -0.413. The number of ether oxygens (including phenoxy) is 2. The Balaban J connectivity index is 1.72. The molecule has 0 fully saturated rings. The summed E-state index contributed by atoms with van der Waals surface area (Å²) in [5.41, 5.74) is 3.23. The van der Waals surface area contributed by atoms with Crippen molar-refractivity contribution < 1.29 is 23.9 Å². The summed E-state index contributed by atoms with van der Waals surface area (Å²) in [5, 5.41) is 1.14. The van der Waals surface area contributed by atoms with Crippen LogP contribution in [0.25, 0.3) is 10.9 Å². The Morgan fingerprint density at radius 3 is 2.41 bits per heavy atom. The Morgan fingerprint density at radius 1 is 0.892 bits per heavy atom. The summed E-state index contributed by atoms with van der Waals surface area (Å²) in [6, 6.07) is 17.9.